The van der Waals surface area contributed by atoms with E-state index in [1.165, 1.54) is 16.2 Å². The first-order chi connectivity index (χ1) is 6.93. The fraction of sp³-hybridized carbons (Fsp3) is 0. The first-order valence-corrected chi connectivity index (χ1v) is 4.97. The van der Waals surface area contributed by atoms with E-state index in [-0.39, 0.29) is 0 Å². The number of fused-ring (bicyclic) bond motifs is 1. The first kappa shape index (κ1) is 7.70. The van der Waals surface area contributed by atoms with Gasteiger partial charge in [0.15, 0.2) is 0 Å². The Hall–Kier alpha value is -1.68. The van der Waals surface area contributed by atoms with Crippen LogP contribution >= 0.6 is 11.5 Å². The Balaban J connectivity index is 2.23. The third-order valence-electron chi connectivity index (χ3n) is 2.10. The van der Waals surface area contributed by atoms with Crippen molar-refractivity contribution >= 4 is 21.6 Å². The lowest BCUT2D eigenvalue weighted by Crippen LogP contribution is -1.76. The van der Waals surface area contributed by atoms with E-state index in [0.29, 0.717) is 0 Å². The summed E-state index contributed by atoms with van der Waals surface area (Å²) in [6.45, 7) is 0. The number of aromatic nitrogens is 3. The van der Waals surface area contributed by atoms with Gasteiger partial charge in [0.1, 0.15) is 0 Å². The largest absolute Gasteiger partial charge is 0.276 e. The summed E-state index contributed by atoms with van der Waals surface area (Å²) in [6.07, 6.45) is 4.70. The molecule has 1 aromatic carbocycles. The molecular formula is C10H6N3S. The summed E-state index contributed by atoms with van der Waals surface area (Å²) in [6, 6.07) is 8.03. The van der Waals surface area contributed by atoms with Gasteiger partial charge in [-0.1, -0.05) is 6.07 Å². The maximum Gasteiger partial charge on any atom is 0.0928 e. The molecule has 67 valence electrons. The van der Waals surface area contributed by atoms with E-state index < -0.39 is 0 Å². The summed E-state index contributed by atoms with van der Waals surface area (Å²) in [4.78, 5) is 0. The average molecular weight is 200 g/mol. The fourth-order valence-electron chi connectivity index (χ4n) is 1.41. The van der Waals surface area contributed by atoms with Crippen LogP contribution in [-0.2, 0) is 0 Å². The molecule has 1 radical (unpaired) electrons. The fourth-order valence-corrected chi connectivity index (χ4v) is 2.03. The second kappa shape index (κ2) is 2.92. The lowest BCUT2D eigenvalue weighted by atomic mass is 10.1. The van der Waals surface area contributed by atoms with Crippen LogP contribution in [0.5, 0.6) is 0 Å². The number of nitrogens with one attached hydrogen (secondary N) is 1. The van der Waals surface area contributed by atoms with Crippen molar-refractivity contribution in [2.24, 2.45) is 0 Å². The van der Waals surface area contributed by atoms with Gasteiger partial charge in [0, 0.05) is 17.1 Å². The van der Waals surface area contributed by atoms with E-state index in [1.54, 1.807) is 0 Å². The highest BCUT2D eigenvalue weighted by Crippen LogP contribution is 2.24. The molecule has 0 atom stereocenters. The highest BCUT2D eigenvalue weighted by molar-refractivity contribution is 7.13. The Labute approximate surface area is 84.6 Å². The number of hydrogen-bond donors (Lipinski definition) is 1. The number of benzene rings is 1. The highest BCUT2D eigenvalue weighted by atomic mass is 32.1. The zero-order chi connectivity index (χ0) is 9.38. The normalized spacial score (nSPS) is 10.9. The van der Waals surface area contributed by atoms with Crippen molar-refractivity contribution < 1.29 is 0 Å². The van der Waals surface area contributed by atoms with E-state index in [2.05, 4.69) is 32.9 Å². The molecule has 0 aliphatic rings. The monoisotopic (exact) mass is 200 g/mol. The lowest BCUT2D eigenvalue weighted by Gasteiger charge is -1.95. The Kier molecular flexibility index (Phi) is 1.61. The van der Waals surface area contributed by atoms with Crippen LogP contribution in [0.15, 0.2) is 30.5 Å². The van der Waals surface area contributed by atoms with Crippen LogP contribution < -0.4 is 0 Å². The molecule has 4 heteroatoms. The molecule has 0 aliphatic carbocycles. The summed E-state index contributed by atoms with van der Waals surface area (Å²) in [5, 5.41) is 7.92. The topological polar surface area (TPSA) is 41.6 Å². The first-order valence-electron chi connectivity index (χ1n) is 4.20. The molecule has 0 saturated heterocycles. The zero-order valence-electron chi connectivity index (χ0n) is 7.19. The average Bonchev–Trinajstić information content (AvgIpc) is 2.88. The number of H-pyrrole nitrogens is 1. The Morgan fingerprint density at radius 2 is 2.36 bits per heavy atom. The molecule has 2 heterocycles. The molecule has 3 rings (SSSR count). The minimum atomic E-state index is 0.915. The maximum atomic E-state index is 4.13. The van der Waals surface area contributed by atoms with Crippen LogP contribution in [0.4, 0.5) is 0 Å². The third-order valence-corrected chi connectivity index (χ3v) is 2.88. The van der Waals surface area contributed by atoms with Crippen LogP contribution in [0.2, 0.25) is 0 Å². The summed E-state index contributed by atoms with van der Waals surface area (Å²) in [5.74, 6) is 0. The second-order valence-electron chi connectivity index (χ2n) is 2.98. The number of rotatable bonds is 1. The molecule has 0 aliphatic heterocycles. The third kappa shape index (κ3) is 1.12. The van der Waals surface area contributed by atoms with Crippen molar-refractivity contribution in [2.75, 3.05) is 0 Å². The van der Waals surface area contributed by atoms with E-state index in [9.17, 15) is 0 Å². The van der Waals surface area contributed by atoms with Gasteiger partial charge in [-0.2, -0.15) is 9.47 Å². The van der Waals surface area contributed by atoms with Crippen molar-refractivity contribution in [3.05, 3.63) is 36.7 Å². The van der Waals surface area contributed by atoms with Gasteiger partial charge in [-0.05, 0) is 29.7 Å². The molecule has 0 spiro atoms. The SMILES string of the molecule is [c]1cc(-c2ccc3sncc3c2)n[nH]1. The van der Waals surface area contributed by atoms with E-state index >= 15 is 0 Å². The van der Waals surface area contributed by atoms with Crippen LogP contribution in [0.25, 0.3) is 21.3 Å². The molecule has 0 bridgehead atoms. The second-order valence-corrected chi connectivity index (χ2v) is 3.81. The molecule has 0 saturated carbocycles. The van der Waals surface area contributed by atoms with Crippen LogP contribution in [0.1, 0.15) is 0 Å². The van der Waals surface area contributed by atoms with E-state index in [0.717, 1.165) is 16.6 Å². The van der Waals surface area contributed by atoms with Crippen molar-refractivity contribution in [1.29, 1.82) is 0 Å². The van der Waals surface area contributed by atoms with E-state index in [4.69, 9.17) is 0 Å². The number of nitrogens with zero attached hydrogens (tertiary/aromatic N) is 2. The molecule has 2 aromatic heterocycles. The van der Waals surface area contributed by atoms with Crippen molar-refractivity contribution in [2.45, 2.75) is 0 Å². The molecule has 0 amide bonds. The predicted octanol–water partition coefficient (Wildman–Crippen LogP) is 2.49. The summed E-state index contributed by atoms with van der Waals surface area (Å²) in [5.41, 5.74) is 2.01. The van der Waals surface area contributed by atoms with Gasteiger partial charge in [-0.15, -0.1) is 0 Å². The predicted molar refractivity (Wildman–Crippen MR) is 56.0 cm³/mol. The van der Waals surface area contributed by atoms with Crippen molar-refractivity contribution in [3.8, 4) is 11.3 Å². The van der Waals surface area contributed by atoms with Crippen molar-refractivity contribution in [3.63, 3.8) is 0 Å². The van der Waals surface area contributed by atoms with Gasteiger partial charge < -0.3 is 0 Å². The maximum absolute atomic E-state index is 4.13. The van der Waals surface area contributed by atoms with Gasteiger partial charge in [0.2, 0.25) is 0 Å². The lowest BCUT2D eigenvalue weighted by molar-refractivity contribution is 1.09. The summed E-state index contributed by atoms with van der Waals surface area (Å²) in [7, 11) is 0. The minimum absolute atomic E-state index is 0.915. The van der Waals surface area contributed by atoms with Gasteiger partial charge >= 0.3 is 0 Å². The summed E-state index contributed by atoms with van der Waals surface area (Å²) >= 11 is 1.51. The standard InChI is InChI=1S/C10H6N3S/c1-2-10-8(6-12-14-10)5-7(1)9-3-4-11-13-9/h1-3,5-6H,(H,11,13). The smallest absolute Gasteiger partial charge is 0.0928 e. The van der Waals surface area contributed by atoms with Gasteiger partial charge in [0.05, 0.1) is 16.6 Å². The van der Waals surface area contributed by atoms with E-state index in [1.807, 2.05) is 18.3 Å². The zero-order valence-corrected chi connectivity index (χ0v) is 8.01. The molecule has 3 aromatic rings. The minimum Gasteiger partial charge on any atom is -0.276 e. The quantitative estimate of drug-likeness (QED) is 0.655. The molecule has 3 nitrogen and oxygen atoms in total. The molecule has 0 fully saturated rings. The Morgan fingerprint density at radius 3 is 3.21 bits per heavy atom. The van der Waals surface area contributed by atoms with Gasteiger partial charge in [-0.3, -0.25) is 5.10 Å². The number of aromatic amines is 1. The highest BCUT2D eigenvalue weighted by Gasteiger charge is 2.02. The van der Waals surface area contributed by atoms with Crippen LogP contribution in [-0.4, -0.2) is 14.6 Å². The number of hydrogen-bond acceptors (Lipinski definition) is 3. The molecule has 0 unspecified atom stereocenters. The molecule has 14 heavy (non-hydrogen) atoms. The Morgan fingerprint density at radius 1 is 1.36 bits per heavy atom. The van der Waals surface area contributed by atoms with Gasteiger partial charge in [0.25, 0.3) is 0 Å². The van der Waals surface area contributed by atoms with Crippen molar-refractivity contribution in [1.82, 2.24) is 14.6 Å². The summed E-state index contributed by atoms with van der Waals surface area (Å²) < 4.78 is 5.33. The van der Waals surface area contributed by atoms with Crippen LogP contribution in [0, 0.1) is 6.20 Å². The van der Waals surface area contributed by atoms with Crippen LogP contribution in [0.3, 0.4) is 0 Å². The Bertz CT molecular complexity index is 554. The molecular weight excluding hydrogens is 194 g/mol. The van der Waals surface area contributed by atoms with Gasteiger partial charge in [-0.25, -0.2) is 0 Å². The molecule has 1 N–H and O–H groups in total.